The van der Waals surface area contributed by atoms with Crippen molar-refractivity contribution in [1.82, 2.24) is 4.90 Å². The molecule has 3 rings (SSSR count). The molecule has 0 radical (unpaired) electrons. The molecule has 1 aliphatic heterocycles. The van der Waals surface area contributed by atoms with Gasteiger partial charge in [-0.15, -0.1) is 11.3 Å². The molecule has 100 valence electrons. The molecule has 1 saturated heterocycles. The summed E-state index contributed by atoms with van der Waals surface area (Å²) < 4.78 is 0. The van der Waals surface area contributed by atoms with E-state index >= 15 is 0 Å². The van der Waals surface area contributed by atoms with E-state index in [0.717, 1.165) is 0 Å². The first-order chi connectivity index (χ1) is 9.33. The molecule has 2 nitrogen and oxygen atoms in total. The molecule has 3 heteroatoms. The Morgan fingerprint density at radius 2 is 1.89 bits per heavy atom. The van der Waals surface area contributed by atoms with Crippen molar-refractivity contribution in [2.45, 2.75) is 18.9 Å². The van der Waals surface area contributed by atoms with E-state index < -0.39 is 0 Å². The summed E-state index contributed by atoms with van der Waals surface area (Å²) in [5.41, 5.74) is 2.61. The standard InChI is InChI=1S/C16H20N2S/c1-18-10-8-13(9-11-18)17-15-6-3-2-5-14(15)16-7-4-12-19-16/h2-7,12-13,17H,8-11H2,1H3. The van der Waals surface area contributed by atoms with Gasteiger partial charge in [0.05, 0.1) is 0 Å². The van der Waals surface area contributed by atoms with Crippen LogP contribution in [0, 0.1) is 0 Å². The molecule has 19 heavy (non-hydrogen) atoms. The van der Waals surface area contributed by atoms with Crippen molar-refractivity contribution in [2.24, 2.45) is 0 Å². The number of hydrogen-bond donors (Lipinski definition) is 1. The number of nitrogens with one attached hydrogen (secondary N) is 1. The molecule has 0 unspecified atom stereocenters. The molecule has 0 aliphatic carbocycles. The van der Waals surface area contributed by atoms with Crippen LogP contribution in [0.1, 0.15) is 12.8 Å². The maximum Gasteiger partial charge on any atom is 0.0430 e. The van der Waals surface area contributed by atoms with E-state index in [9.17, 15) is 0 Å². The van der Waals surface area contributed by atoms with Crippen LogP contribution in [0.5, 0.6) is 0 Å². The zero-order chi connectivity index (χ0) is 13.1. The van der Waals surface area contributed by atoms with Gasteiger partial charge in [-0.25, -0.2) is 0 Å². The molecule has 1 fully saturated rings. The highest BCUT2D eigenvalue weighted by Gasteiger charge is 2.17. The Balaban J connectivity index is 1.78. The summed E-state index contributed by atoms with van der Waals surface area (Å²) in [7, 11) is 2.20. The maximum absolute atomic E-state index is 3.74. The normalized spacial score (nSPS) is 17.5. The van der Waals surface area contributed by atoms with Crippen LogP contribution < -0.4 is 5.32 Å². The lowest BCUT2D eigenvalue weighted by Crippen LogP contribution is -2.36. The van der Waals surface area contributed by atoms with Crippen LogP contribution in [-0.2, 0) is 0 Å². The highest BCUT2D eigenvalue weighted by atomic mass is 32.1. The average molecular weight is 272 g/mol. The largest absolute Gasteiger partial charge is 0.382 e. The highest BCUT2D eigenvalue weighted by Crippen LogP contribution is 2.32. The molecule has 2 heterocycles. The molecule has 0 atom stereocenters. The molecule has 1 aliphatic rings. The number of nitrogens with zero attached hydrogens (tertiary/aromatic N) is 1. The third-order valence-corrected chi connectivity index (χ3v) is 4.70. The number of anilines is 1. The van der Waals surface area contributed by atoms with Crippen molar-refractivity contribution in [3.8, 4) is 10.4 Å². The minimum Gasteiger partial charge on any atom is -0.382 e. The lowest BCUT2D eigenvalue weighted by Gasteiger charge is -2.30. The van der Waals surface area contributed by atoms with E-state index in [1.807, 2.05) is 0 Å². The summed E-state index contributed by atoms with van der Waals surface area (Å²) in [5, 5.41) is 5.88. The van der Waals surface area contributed by atoms with E-state index in [4.69, 9.17) is 0 Å². The fraction of sp³-hybridized carbons (Fsp3) is 0.375. The van der Waals surface area contributed by atoms with Crippen LogP contribution in [0.15, 0.2) is 41.8 Å². The number of rotatable bonds is 3. The predicted octanol–water partition coefficient (Wildman–Crippen LogP) is 3.92. The zero-order valence-electron chi connectivity index (χ0n) is 11.3. The number of para-hydroxylation sites is 1. The fourth-order valence-corrected chi connectivity index (χ4v) is 3.39. The lowest BCUT2D eigenvalue weighted by atomic mass is 10.0. The molecule has 2 aromatic rings. The molecule has 0 spiro atoms. The molecular formula is C16H20N2S. The second kappa shape index (κ2) is 5.76. The van der Waals surface area contributed by atoms with Crippen LogP contribution >= 0.6 is 11.3 Å². The number of thiophene rings is 1. The number of piperidine rings is 1. The third kappa shape index (κ3) is 2.99. The van der Waals surface area contributed by atoms with E-state index in [0.29, 0.717) is 6.04 Å². The van der Waals surface area contributed by atoms with Crippen molar-refractivity contribution in [3.63, 3.8) is 0 Å². The monoisotopic (exact) mass is 272 g/mol. The first-order valence-corrected chi connectivity index (χ1v) is 7.79. The van der Waals surface area contributed by atoms with Crippen molar-refractivity contribution in [2.75, 3.05) is 25.5 Å². The van der Waals surface area contributed by atoms with Crippen LogP contribution in [0.4, 0.5) is 5.69 Å². The van der Waals surface area contributed by atoms with Gasteiger partial charge < -0.3 is 10.2 Å². The van der Waals surface area contributed by atoms with Gasteiger partial charge in [0, 0.05) is 22.2 Å². The quantitative estimate of drug-likeness (QED) is 0.911. The number of hydrogen-bond acceptors (Lipinski definition) is 3. The molecule has 0 saturated carbocycles. The van der Waals surface area contributed by atoms with Crippen molar-refractivity contribution in [1.29, 1.82) is 0 Å². The third-order valence-electron chi connectivity index (χ3n) is 3.79. The Labute approximate surface area is 119 Å². The Morgan fingerprint density at radius 1 is 1.11 bits per heavy atom. The maximum atomic E-state index is 3.74. The summed E-state index contributed by atoms with van der Waals surface area (Å²) in [5.74, 6) is 0. The van der Waals surface area contributed by atoms with Gasteiger partial charge in [-0.1, -0.05) is 24.3 Å². The topological polar surface area (TPSA) is 15.3 Å². The van der Waals surface area contributed by atoms with Gasteiger partial charge in [-0.2, -0.15) is 0 Å². The van der Waals surface area contributed by atoms with Crippen molar-refractivity contribution in [3.05, 3.63) is 41.8 Å². The second-order valence-electron chi connectivity index (χ2n) is 5.24. The van der Waals surface area contributed by atoms with Crippen LogP contribution in [0.25, 0.3) is 10.4 Å². The number of benzene rings is 1. The summed E-state index contributed by atoms with van der Waals surface area (Å²) >= 11 is 1.80. The SMILES string of the molecule is CN1CCC(Nc2ccccc2-c2cccs2)CC1. The molecule has 0 bridgehead atoms. The second-order valence-corrected chi connectivity index (χ2v) is 6.19. The smallest absolute Gasteiger partial charge is 0.0430 e. The summed E-state index contributed by atoms with van der Waals surface area (Å²) in [6.45, 7) is 2.39. The number of likely N-dealkylation sites (tertiary alicyclic amines) is 1. The van der Waals surface area contributed by atoms with E-state index in [-0.39, 0.29) is 0 Å². The Bertz CT molecular complexity index is 513. The first-order valence-electron chi connectivity index (χ1n) is 6.91. The van der Waals surface area contributed by atoms with Gasteiger partial charge in [0.25, 0.3) is 0 Å². The van der Waals surface area contributed by atoms with Gasteiger partial charge in [0.1, 0.15) is 0 Å². The molecule has 1 N–H and O–H groups in total. The fourth-order valence-electron chi connectivity index (χ4n) is 2.63. The van der Waals surface area contributed by atoms with Gasteiger partial charge in [-0.05, 0) is 50.5 Å². The van der Waals surface area contributed by atoms with Crippen molar-refractivity contribution >= 4 is 17.0 Å². The lowest BCUT2D eigenvalue weighted by molar-refractivity contribution is 0.264. The van der Waals surface area contributed by atoms with Gasteiger partial charge in [-0.3, -0.25) is 0 Å². The van der Waals surface area contributed by atoms with E-state index in [1.54, 1.807) is 11.3 Å². The Kier molecular flexibility index (Phi) is 3.85. The van der Waals surface area contributed by atoms with Gasteiger partial charge in [0.15, 0.2) is 0 Å². The van der Waals surface area contributed by atoms with Crippen LogP contribution in [0.2, 0.25) is 0 Å². The summed E-state index contributed by atoms with van der Waals surface area (Å²) in [6, 6.07) is 13.6. The molecule has 1 aromatic carbocycles. The van der Waals surface area contributed by atoms with Crippen LogP contribution in [-0.4, -0.2) is 31.1 Å². The van der Waals surface area contributed by atoms with Crippen LogP contribution in [0.3, 0.4) is 0 Å². The Hall–Kier alpha value is -1.32. The minimum absolute atomic E-state index is 0.609. The Morgan fingerprint density at radius 3 is 2.63 bits per heavy atom. The zero-order valence-corrected chi connectivity index (χ0v) is 12.1. The molecule has 0 amide bonds. The van der Waals surface area contributed by atoms with E-state index in [2.05, 4.69) is 59.0 Å². The van der Waals surface area contributed by atoms with Gasteiger partial charge in [0.2, 0.25) is 0 Å². The minimum atomic E-state index is 0.609. The predicted molar refractivity (Wildman–Crippen MR) is 83.9 cm³/mol. The highest BCUT2D eigenvalue weighted by molar-refractivity contribution is 7.13. The molecule has 1 aromatic heterocycles. The van der Waals surface area contributed by atoms with E-state index in [1.165, 1.54) is 42.1 Å². The summed E-state index contributed by atoms with van der Waals surface area (Å²) in [4.78, 5) is 3.75. The summed E-state index contributed by atoms with van der Waals surface area (Å²) in [6.07, 6.45) is 2.46. The average Bonchev–Trinajstić information content (AvgIpc) is 2.96. The van der Waals surface area contributed by atoms with Crippen molar-refractivity contribution < 1.29 is 0 Å². The van der Waals surface area contributed by atoms with Gasteiger partial charge >= 0.3 is 0 Å². The molecular weight excluding hydrogens is 252 g/mol. The first kappa shape index (κ1) is 12.7.